The molecule has 1 aromatic heterocycles. The van der Waals surface area contributed by atoms with Crippen LogP contribution in [0.1, 0.15) is 5.56 Å². The van der Waals surface area contributed by atoms with E-state index in [1.54, 1.807) is 0 Å². The van der Waals surface area contributed by atoms with E-state index in [0.717, 1.165) is 5.56 Å². The SMILES string of the molecule is Cc1ccc(-n2nccc2O)c(Cl)c1. The Kier molecular flexibility index (Phi) is 2.17. The van der Waals surface area contributed by atoms with Crippen molar-refractivity contribution in [2.24, 2.45) is 0 Å². The third-order valence-electron chi connectivity index (χ3n) is 1.95. The van der Waals surface area contributed by atoms with E-state index in [2.05, 4.69) is 5.10 Å². The molecule has 2 aromatic rings. The van der Waals surface area contributed by atoms with Gasteiger partial charge in [-0.25, -0.2) is 0 Å². The van der Waals surface area contributed by atoms with Crippen LogP contribution in [0.3, 0.4) is 0 Å². The molecule has 0 atom stereocenters. The largest absolute Gasteiger partial charge is 0.493 e. The van der Waals surface area contributed by atoms with Crippen LogP contribution in [0.2, 0.25) is 5.02 Å². The van der Waals surface area contributed by atoms with Crippen molar-refractivity contribution in [2.75, 3.05) is 0 Å². The summed E-state index contributed by atoms with van der Waals surface area (Å²) in [7, 11) is 0. The Hall–Kier alpha value is -1.48. The van der Waals surface area contributed by atoms with Gasteiger partial charge in [-0.1, -0.05) is 17.7 Å². The first kappa shape index (κ1) is 9.09. The van der Waals surface area contributed by atoms with Crippen LogP contribution in [-0.4, -0.2) is 14.9 Å². The van der Waals surface area contributed by atoms with Gasteiger partial charge in [0.05, 0.1) is 16.9 Å². The first-order valence-electron chi connectivity index (χ1n) is 4.18. The van der Waals surface area contributed by atoms with Crippen molar-refractivity contribution in [1.29, 1.82) is 0 Å². The maximum absolute atomic E-state index is 9.44. The summed E-state index contributed by atoms with van der Waals surface area (Å²) in [5, 5.41) is 14.0. The molecule has 72 valence electrons. The molecule has 2 rings (SSSR count). The molecule has 0 saturated carbocycles. The van der Waals surface area contributed by atoms with Crippen molar-refractivity contribution >= 4 is 11.6 Å². The maximum Gasteiger partial charge on any atom is 0.214 e. The summed E-state index contributed by atoms with van der Waals surface area (Å²) in [5.74, 6) is 0.0794. The van der Waals surface area contributed by atoms with Crippen molar-refractivity contribution in [3.8, 4) is 11.6 Å². The van der Waals surface area contributed by atoms with E-state index in [-0.39, 0.29) is 5.88 Å². The van der Waals surface area contributed by atoms with Gasteiger partial charge in [0, 0.05) is 6.07 Å². The highest BCUT2D eigenvalue weighted by atomic mass is 35.5. The minimum absolute atomic E-state index is 0.0794. The lowest BCUT2D eigenvalue weighted by Crippen LogP contribution is -1.96. The molecule has 14 heavy (non-hydrogen) atoms. The molecule has 0 aliphatic carbocycles. The Morgan fingerprint density at radius 1 is 1.36 bits per heavy atom. The number of aryl methyl sites for hydroxylation is 1. The lowest BCUT2D eigenvalue weighted by atomic mass is 10.2. The van der Waals surface area contributed by atoms with Gasteiger partial charge in [0.15, 0.2) is 0 Å². The number of hydrogen-bond donors (Lipinski definition) is 1. The van der Waals surface area contributed by atoms with Crippen LogP contribution in [-0.2, 0) is 0 Å². The molecule has 0 bridgehead atoms. The van der Waals surface area contributed by atoms with Gasteiger partial charge in [0.1, 0.15) is 0 Å². The van der Waals surface area contributed by atoms with Crippen LogP contribution in [0.5, 0.6) is 5.88 Å². The standard InChI is InChI=1S/C10H9ClN2O/c1-7-2-3-9(8(11)6-7)13-10(14)4-5-12-13/h2-6,14H,1H3. The molecule has 0 radical (unpaired) electrons. The lowest BCUT2D eigenvalue weighted by molar-refractivity contribution is 0.433. The van der Waals surface area contributed by atoms with E-state index < -0.39 is 0 Å². The maximum atomic E-state index is 9.44. The molecule has 0 spiro atoms. The zero-order valence-corrected chi connectivity index (χ0v) is 8.36. The zero-order valence-electron chi connectivity index (χ0n) is 7.61. The van der Waals surface area contributed by atoms with Crippen molar-refractivity contribution in [1.82, 2.24) is 9.78 Å². The number of aromatic hydroxyl groups is 1. The minimum atomic E-state index is 0.0794. The van der Waals surface area contributed by atoms with E-state index in [1.807, 2.05) is 25.1 Å². The Labute approximate surface area is 86.6 Å². The molecule has 0 amide bonds. The van der Waals surface area contributed by atoms with Crippen molar-refractivity contribution in [3.05, 3.63) is 41.0 Å². The van der Waals surface area contributed by atoms with Gasteiger partial charge < -0.3 is 5.11 Å². The summed E-state index contributed by atoms with van der Waals surface area (Å²) in [6.45, 7) is 1.96. The third-order valence-corrected chi connectivity index (χ3v) is 2.26. The highest BCUT2D eigenvalue weighted by Gasteiger charge is 2.06. The lowest BCUT2D eigenvalue weighted by Gasteiger charge is -2.05. The quantitative estimate of drug-likeness (QED) is 0.782. The summed E-state index contributed by atoms with van der Waals surface area (Å²) in [6, 6.07) is 7.08. The number of benzene rings is 1. The van der Waals surface area contributed by atoms with Gasteiger partial charge in [0.2, 0.25) is 5.88 Å². The first-order chi connectivity index (χ1) is 6.68. The molecule has 0 aliphatic heterocycles. The molecule has 3 nitrogen and oxygen atoms in total. The predicted octanol–water partition coefficient (Wildman–Crippen LogP) is 2.54. The topological polar surface area (TPSA) is 38.0 Å². The highest BCUT2D eigenvalue weighted by Crippen LogP contribution is 2.24. The third kappa shape index (κ3) is 1.46. The second-order valence-corrected chi connectivity index (χ2v) is 3.46. The van der Waals surface area contributed by atoms with E-state index in [1.165, 1.54) is 16.9 Å². The Balaban J connectivity index is 2.58. The first-order valence-corrected chi connectivity index (χ1v) is 4.56. The van der Waals surface area contributed by atoms with Crippen LogP contribution >= 0.6 is 11.6 Å². The van der Waals surface area contributed by atoms with Gasteiger partial charge in [-0.15, -0.1) is 0 Å². The number of rotatable bonds is 1. The van der Waals surface area contributed by atoms with Crippen LogP contribution in [0.15, 0.2) is 30.5 Å². The van der Waals surface area contributed by atoms with Gasteiger partial charge in [-0.3, -0.25) is 0 Å². The molecule has 1 aromatic carbocycles. The average Bonchev–Trinajstić information content (AvgIpc) is 2.52. The van der Waals surface area contributed by atoms with Gasteiger partial charge in [-0.05, 0) is 24.6 Å². The second-order valence-electron chi connectivity index (χ2n) is 3.06. The van der Waals surface area contributed by atoms with E-state index >= 15 is 0 Å². The Bertz CT molecular complexity index is 465. The summed E-state index contributed by atoms with van der Waals surface area (Å²) in [5.41, 5.74) is 1.75. The number of aromatic nitrogens is 2. The normalized spacial score (nSPS) is 10.4. The predicted molar refractivity (Wildman–Crippen MR) is 55.0 cm³/mol. The van der Waals surface area contributed by atoms with Crippen LogP contribution in [0, 0.1) is 6.92 Å². The molecule has 0 fully saturated rings. The monoisotopic (exact) mass is 208 g/mol. The second kappa shape index (κ2) is 3.35. The van der Waals surface area contributed by atoms with Gasteiger partial charge in [0.25, 0.3) is 0 Å². The molecule has 4 heteroatoms. The van der Waals surface area contributed by atoms with Crippen LogP contribution < -0.4 is 0 Å². The van der Waals surface area contributed by atoms with Gasteiger partial charge >= 0.3 is 0 Å². The fourth-order valence-corrected chi connectivity index (χ4v) is 1.58. The molecule has 0 unspecified atom stereocenters. The molecule has 0 aliphatic rings. The van der Waals surface area contributed by atoms with Gasteiger partial charge in [-0.2, -0.15) is 9.78 Å². The highest BCUT2D eigenvalue weighted by molar-refractivity contribution is 6.32. The van der Waals surface area contributed by atoms with E-state index in [4.69, 9.17) is 11.6 Å². The minimum Gasteiger partial charge on any atom is -0.493 e. The summed E-state index contributed by atoms with van der Waals surface area (Å²) < 4.78 is 1.39. The van der Waals surface area contributed by atoms with Crippen molar-refractivity contribution in [2.45, 2.75) is 6.92 Å². The zero-order chi connectivity index (χ0) is 10.1. The molecule has 1 N–H and O–H groups in total. The molecule has 1 heterocycles. The number of hydrogen-bond acceptors (Lipinski definition) is 2. The molecular formula is C10H9ClN2O. The molecular weight excluding hydrogens is 200 g/mol. The number of halogens is 1. The Morgan fingerprint density at radius 2 is 2.14 bits per heavy atom. The van der Waals surface area contributed by atoms with Crippen LogP contribution in [0.4, 0.5) is 0 Å². The van der Waals surface area contributed by atoms with Crippen LogP contribution in [0.25, 0.3) is 5.69 Å². The van der Waals surface area contributed by atoms with E-state index in [0.29, 0.717) is 10.7 Å². The summed E-state index contributed by atoms with van der Waals surface area (Å²) >= 11 is 6.02. The average molecular weight is 209 g/mol. The fourth-order valence-electron chi connectivity index (χ4n) is 1.27. The number of nitrogens with zero attached hydrogens (tertiary/aromatic N) is 2. The van der Waals surface area contributed by atoms with Crippen molar-refractivity contribution in [3.63, 3.8) is 0 Å². The summed E-state index contributed by atoms with van der Waals surface area (Å²) in [4.78, 5) is 0. The van der Waals surface area contributed by atoms with Crippen molar-refractivity contribution < 1.29 is 5.11 Å². The van der Waals surface area contributed by atoms with E-state index in [9.17, 15) is 5.11 Å². The fraction of sp³-hybridized carbons (Fsp3) is 0.100. The molecule has 0 saturated heterocycles. The summed E-state index contributed by atoms with van der Waals surface area (Å²) in [6.07, 6.45) is 1.52. The Morgan fingerprint density at radius 3 is 2.71 bits per heavy atom. The smallest absolute Gasteiger partial charge is 0.214 e.